The van der Waals surface area contributed by atoms with Crippen molar-refractivity contribution in [3.8, 4) is 5.88 Å². The summed E-state index contributed by atoms with van der Waals surface area (Å²) in [6.07, 6.45) is 1.24. The average molecular weight is 444 g/mol. The lowest BCUT2D eigenvalue weighted by atomic mass is 10.1. The predicted molar refractivity (Wildman–Crippen MR) is 104 cm³/mol. The standard InChI is InChI=1S/C18H19ClFN3O5S/c1-18(2,10-24)22-16(25)11-7-14-17(21-9-11)28-6-5-23(14)29(26,27)15-4-3-12(19)8-13(15)20/h3-4,7-9,24H,5-6,10H2,1-2H3,(H,22,25). The summed E-state index contributed by atoms with van der Waals surface area (Å²) < 4.78 is 46.7. The largest absolute Gasteiger partial charge is 0.474 e. The first-order chi connectivity index (χ1) is 13.5. The average Bonchev–Trinajstić information content (AvgIpc) is 2.66. The van der Waals surface area contributed by atoms with Crippen LogP contribution in [-0.4, -0.2) is 49.7 Å². The van der Waals surface area contributed by atoms with E-state index in [1.807, 2.05) is 0 Å². The van der Waals surface area contributed by atoms with Crippen LogP contribution in [0.25, 0.3) is 0 Å². The van der Waals surface area contributed by atoms with Crippen molar-refractivity contribution in [1.82, 2.24) is 10.3 Å². The van der Waals surface area contributed by atoms with Crippen molar-refractivity contribution < 1.29 is 27.4 Å². The molecule has 0 saturated heterocycles. The van der Waals surface area contributed by atoms with Crippen LogP contribution in [0.4, 0.5) is 10.1 Å². The van der Waals surface area contributed by atoms with E-state index in [2.05, 4.69) is 10.3 Å². The van der Waals surface area contributed by atoms with Gasteiger partial charge in [-0.15, -0.1) is 0 Å². The zero-order chi connectivity index (χ0) is 21.4. The molecule has 2 N–H and O–H groups in total. The molecule has 0 unspecified atom stereocenters. The molecule has 2 heterocycles. The minimum atomic E-state index is -4.30. The predicted octanol–water partition coefficient (Wildman–Crippen LogP) is 1.96. The van der Waals surface area contributed by atoms with E-state index in [0.717, 1.165) is 16.4 Å². The molecule has 0 bridgehead atoms. The third kappa shape index (κ3) is 4.29. The smallest absolute Gasteiger partial charge is 0.267 e. The van der Waals surface area contributed by atoms with Crippen molar-refractivity contribution in [3.63, 3.8) is 0 Å². The summed E-state index contributed by atoms with van der Waals surface area (Å²) in [5.41, 5.74) is -0.811. The summed E-state index contributed by atoms with van der Waals surface area (Å²) in [4.78, 5) is 16.0. The van der Waals surface area contributed by atoms with Crippen LogP contribution >= 0.6 is 11.6 Å². The molecule has 156 valence electrons. The van der Waals surface area contributed by atoms with Gasteiger partial charge in [0.05, 0.1) is 24.3 Å². The molecule has 0 fully saturated rings. The number of hydrogen-bond donors (Lipinski definition) is 2. The molecule has 2 aromatic rings. The number of ether oxygens (including phenoxy) is 1. The van der Waals surface area contributed by atoms with Crippen molar-refractivity contribution in [1.29, 1.82) is 0 Å². The van der Waals surface area contributed by atoms with E-state index in [1.165, 1.54) is 18.3 Å². The van der Waals surface area contributed by atoms with E-state index < -0.39 is 32.2 Å². The molecule has 1 aliphatic heterocycles. The Hall–Kier alpha value is -2.43. The van der Waals surface area contributed by atoms with E-state index in [-0.39, 0.29) is 41.9 Å². The third-order valence-electron chi connectivity index (χ3n) is 4.21. The van der Waals surface area contributed by atoms with Gasteiger partial charge in [0.1, 0.15) is 23.0 Å². The molecule has 8 nitrogen and oxygen atoms in total. The lowest BCUT2D eigenvalue weighted by Gasteiger charge is -2.30. The Morgan fingerprint density at radius 1 is 1.41 bits per heavy atom. The highest BCUT2D eigenvalue weighted by molar-refractivity contribution is 7.92. The van der Waals surface area contributed by atoms with Gasteiger partial charge in [-0.2, -0.15) is 0 Å². The van der Waals surface area contributed by atoms with E-state index in [1.54, 1.807) is 13.8 Å². The van der Waals surface area contributed by atoms with E-state index in [9.17, 15) is 22.7 Å². The fourth-order valence-corrected chi connectivity index (χ4v) is 4.32. The number of amides is 1. The van der Waals surface area contributed by atoms with E-state index in [4.69, 9.17) is 16.3 Å². The number of sulfonamides is 1. The van der Waals surface area contributed by atoms with Gasteiger partial charge in [-0.1, -0.05) is 11.6 Å². The second kappa shape index (κ2) is 7.77. The molecular weight excluding hydrogens is 425 g/mol. The molecule has 0 atom stereocenters. The maximum absolute atomic E-state index is 14.3. The van der Waals surface area contributed by atoms with Crippen molar-refractivity contribution in [2.75, 3.05) is 24.1 Å². The van der Waals surface area contributed by atoms with Crippen LogP contribution in [0.5, 0.6) is 5.88 Å². The highest BCUT2D eigenvalue weighted by Crippen LogP contribution is 2.35. The SMILES string of the molecule is CC(C)(CO)NC(=O)c1cnc2c(c1)N(S(=O)(=O)c1ccc(Cl)cc1F)CCO2. The van der Waals surface area contributed by atoms with Gasteiger partial charge in [-0.25, -0.2) is 17.8 Å². The zero-order valence-electron chi connectivity index (χ0n) is 15.6. The van der Waals surface area contributed by atoms with Gasteiger partial charge in [0.2, 0.25) is 5.88 Å². The first-order valence-electron chi connectivity index (χ1n) is 8.59. The fourth-order valence-electron chi connectivity index (χ4n) is 2.67. The Morgan fingerprint density at radius 2 is 2.14 bits per heavy atom. The van der Waals surface area contributed by atoms with Crippen LogP contribution in [0.15, 0.2) is 35.4 Å². The molecule has 11 heteroatoms. The first-order valence-corrected chi connectivity index (χ1v) is 10.4. The lowest BCUT2D eigenvalue weighted by molar-refractivity contribution is 0.0869. The van der Waals surface area contributed by atoms with E-state index in [0.29, 0.717) is 0 Å². The van der Waals surface area contributed by atoms with Crippen molar-refractivity contribution in [2.24, 2.45) is 0 Å². The Balaban J connectivity index is 2.02. The second-order valence-electron chi connectivity index (χ2n) is 7.04. The molecule has 1 aromatic heterocycles. The number of carbonyl (C=O) groups excluding carboxylic acids is 1. The topological polar surface area (TPSA) is 109 Å². The van der Waals surface area contributed by atoms with Gasteiger partial charge in [-0.05, 0) is 38.1 Å². The molecule has 0 saturated carbocycles. The molecule has 0 aliphatic carbocycles. The normalized spacial score (nSPS) is 14.2. The molecule has 1 aromatic carbocycles. The molecule has 1 amide bonds. The number of hydrogen-bond acceptors (Lipinski definition) is 6. The lowest BCUT2D eigenvalue weighted by Crippen LogP contribution is -2.46. The van der Waals surface area contributed by atoms with Crippen LogP contribution in [0.2, 0.25) is 5.02 Å². The summed E-state index contributed by atoms with van der Waals surface area (Å²) in [5.74, 6) is -1.54. The molecule has 3 rings (SSSR count). The minimum absolute atomic E-state index is 0.00663. The van der Waals surface area contributed by atoms with Crippen molar-refractivity contribution in [2.45, 2.75) is 24.3 Å². The van der Waals surface area contributed by atoms with Gasteiger partial charge < -0.3 is 15.2 Å². The quantitative estimate of drug-likeness (QED) is 0.731. The number of nitrogens with one attached hydrogen (secondary N) is 1. The molecular formula is C18H19ClFN3O5S. The number of aromatic nitrogens is 1. The molecule has 0 spiro atoms. The fraction of sp³-hybridized carbons (Fsp3) is 0.333. The van der Waals surface area contributed by atoms with Crippen molar-refractivity contribution >= 4 is 33.2 Å². The van der Waals surface area contributed by atoms with Crippen molar-refractivity contribution in [3.05, 3.63) is 46.9 Å². The van der Waals surface area contributed by atoms with Gasteiger partial charge >= 0.3 is 0 Å². The summed E-state index contributed by atoms with van der Waals surface area (Å²) in [6, 6.07) is 4.57. The number of rotatable bonds is 5. The van der Waals surface area contributed by atoms with Gasteiger partial charge in [0, 0.05) is 11.2 Å². The van der Waals surface area contributed by atoms with Crippen LogP contribution in [0.1, 0.15) is 24.2 Å². The second-order valence-corrected chi connectivity index (χ2v) is 9.31. The van der Waals surface area contributed by atoms with Crippen LogP contribution in [0.3, 0.4) is 0 Å². The summed E-state index contributed by atoms with van der Waals surface area (Å²) in [5, 5.41) is 12.0. The van der Waals surface area contributed by atoms with Crippen LogP contribution in [-0.2, 0) is 10.0 Å². The number of benzene rings is 1. The van der Waals surface area contributed by atoms with Gasteiger partial charge in [-0.3, -0.25) is 9.10 Å². The molecule has 29 heavy (non-hydrogen) atoms. The highest BCUT2D eigenvalue weighted by atomic mass is 35.5. The highest BCUT2D eigenvalue weighted by Gasteiger charge is 2.34. The molecule has 0 radical (unpaired) electrons. The van der Waals surface area contributed by atoms with Crippen LogP contribution in [0, 0.1) is 5.82 Å². The zero-order valence-corrected chi connectivity index (χ0v) is 17.2. The minimum Gasteiger partial charge on any atom is -0.474 e. The Labute approximate surface area is 172 Å². The summed E-state index contributed by atoms with van der Waals surface area (Å²) in [7, 11) is -4.30. The Bertz CT molecular complexity index is 1060. The number of aliphatic hydroxyl groups is 1. The number of nitrogens with zero attached hydrogens (tertiary/aromatic N) is 2. The maximum atomic E-state index is 14.3. The number of aliphatic hydroxyl groups excluding tert-OH is 1. The van der Waals surface area contributed by atoms with E-state index >= 15 is 0 Å². The summed E-state index contributed by atoms with van der Waals surface area (Å²) in [6.45, 7) is 2.88. The Kier molecular flexibility index (Phi) is 5.70. The third-order valence-corrected chi connectivity index (χ3v) is 6.29. The number of carbonyl (C=O) groups is 1. The monoisotopic (exact) mass is 443 g/mol. The maximum Gasteiger partial charge on any atom is 0.267 e. The number of anilines is 1. The Morgan fingerprint density at radius 3 is 2.79 bits per heavy atom. The molecule has 1 aliphatic rings. The number of halogens is 2. The summed E-state index contributed by atoms with van der Waals surface area (Å²) >= 11 is 5.71. The first kappa shape index (κ1) is 21.3. The van der Waals surface area contributed by atoms with Crippen LogP contribution < -0.4 is 14.4 Å². The van der Waals surface area contributed by atoms with Gasteiger partial charge in [0.15, 0.2) is 0 Å². The van der Waals surface area contributed by atoms with Gasteiger partial charge in [0.25, 0.3) is 15.9 Å². The number of fused-ring (bicyclic) bond motifs is 1. The number of pyridine rings is 1.